The molecule has 0 aliphatic carbocycles. The summed E-state index contributed by atoms with van der Waals surface area (Å²) >= 11 is 0. The van der Waals surface area contributed by atoms with Crippen LogP contribution in [0.5, 0.6) is 0 Å². The molecule has 1 fully saturated rings. The Morgan fingerprint density at radius 3 is 3.06 bits per heavy atom. The minimum Gasteiger partial charge on any atom is -0.395 e. The predicted molar refractivity (Wildman–Crippen MR) is 62.1 cm³/mol. The smallest absolute Gasteiger partial charge is 0.125 e. The Kier molecular flexibility index (Phi) is 3.41. The number of nitrogens with one attached hydrogen (secondary N) is 1. The van der Waals surface area contributed by atoms with Gasteiger partial charge < -0.3 is 15.3 Å². The molecule has 2 rings (SSSR count). The molecule has 0 radical (unpaired) electrons. The second-order valence-corrected chi connectivity index (χ2v) is 4.27. The Morgan fingerprint density at radius 1 is 1.56 bits per heavy atom. The van der Waals surface area contributed by atoms with Gasteiger partial charge in [0.15, 0.2) is 0 Å². The first-order valence-electron chi connectivity index (χ1n) is 5.57. The summed E-state index contributed by atoms with van der Waals surface area (Å²) in [4.78, 5) is 2.13. The summed E-state index contributed by atoms with van der Waals surface area (Å²) in [5.41, 5.74) is 0.882. The van der Waals surface area contributed by atoms with Gasteiger partial charge in [0.2, 0.25) is 0 Å². The van der Waals surface area contributed by atoms with Gasteiger partial charge in [-0.15, -0.1) is 0 Å². The molecular weight excluding hydrogens is 207 g/mol. The van der Waals surface area contributed by atoms with Crippen LogP contribution in [0.25, 0.3) is 0 Å². The maximum Gasteiger partial charge on any atom is 0.125 e. The lowest BCUT2D eigenvalue weighted by Crippen LogP contribution is -2.56. The quantitative estimate of drug-likeness (QED) is 0.786. The van der Waals surface area contributed by atoms with Crippen LogP contribution in [0, 0.1) is 5.82 Å². The van der Waals surface area contributed by atoms with Gasteiger partial charge in [-0.1, -0.05) is 6.07 Å². The van der Waals surface area contributed by atoms with E-state index >= 15 is 0 Å². The average Bonchev–Trinajstić information content (AvgIpc) is 2.30. The third kappa shape index (κ3) is 2.33. The molecule has 0 spiro atoms. The van der Waals surface area contributed by atoms with Crippen molar-refractivity contribution < 1.29 is 9.50 Å². The Hall–Kier alpha value is -1.13. The number of nitrogens with zero attached hydrogens (tertiary/aromatic N) is 1. The zero-order valence-electron chi connectivity index (χ0n) is 9.36. The number of benzene rings is 1. The molecule has 2 atom stereocenters. The monoisotopic (exact) mass is 224 g/mol. The lowest BCUT2D eigenvalue weighted by atomic mass is 10.1. The van der Waals surface area contributed by atoms with Crippen molar-refractivity contribution in [2.75, 3.05) is 24.6 Å². The van der Waals surface area contributed by atoms with Crippen LogP contribution in [0.1, 0.15) is 6.92 Å². The van der Waals surface area contributed by atoms with E-state index in [2.05, 4.69) is 17.1 Å². The van der Waals surface area contributed by atoms with Crippen molar-refractivity contribution in [1.29, 1.82) is 0 Å². The summed E-state index contributed by atoms with van der Waals surface area (Å²) < 4.78 is 13.1. The van der Waals surface area contributed by atoms with E-state index in [0.29, 0.717) is 12.6 Å². The fourth-order valence-electron chi connectivity index (χ4n) is 2.07. The minimum atomic E-state index is -0.219. The Labute approximate surface area is 94.9 Å². The van der Waals surface area contributed by atoms with Crippen LogP contribution in [0.15, 0.2) is 24.3 Å². The molecular formula is C12H17FN2O. The average molecular weight is 224 g/mol. The van der Waals surface area contributed by atoms with Gasteiger partial charge in [-0.2, -0.15) is 0 Å². The maximum absolute atomic E-state index is 13.1. The molecule has 0 bridgehead atoms. The van der Waals surface area contributed by atoms with Crippen molar-refractivity contribution in [1.82, 2.24) is 5.32 Å². The molecule has 0 saturated carbocycles. The Balaban J connectivity index is 2.17. The molecule has 3 nitrogen and oxygen atoms in total. The van der Waals surface area contributed by atoms with Crippen molar-refractivity contribution in [2.45, 2.75) is 19.0 Å². The first kappa shape index (κ1) is 11.4. The van der Waals surface area contributed by atoms with Gasteiger partial charge in [-0.05, 0) is 25.1 Å². The molecule has 2 unspecified atom stereocenters. The number of hydrogen-bond acceptors (Lipinski definition) is 3. The summed E-state index contributed by atoms with van der Waals surface area (Å²) in [5.74, 6) is -0.219. The molecule has 1 aromatic carbocycles. The summed E-state index contributed by atoms with van der Waals surface area (Å²) in [6.45, 7) is 3.72. The number of aliphatic hydroxyl groups excluding tert-OH is 1. The standard InChI is InChI=1S/C12H17FN2O/c1-9-6-14-11(8-16)7-15(9)12-4-2-3-10(13)5-12/h2-5,9,11,14,16H,6-8H2,1H3. The van der Waals surface area contributed by atoms with Gasteiger partial charge in [0.05, 0.1) is 6.61 Å². The highest BCUT2D eigenvalue weighted by Gasteiger charge is 2.24. The first-order valence-corrected chi connectivity index (χ1v) is 5.57. The van der Waals surface area contributed by atoms with Crippen molar-refractivity contribution in [3.8, 4) is 0 Å². The summed E-state index contributed by atoms with van der Waals surface area (Å²) in [5, 5.41) is 12.4. The SMILES string of the molecule is CC1CNC(CO)CN1c1cccc(F)c1. The van der Waals surface area contributed by atoms with E-state index in [9.17, 15) is 4.39 Å². The highest BCUT2D eigenvalue weighted by Crippen LogP contribution is 2.20. The third-order valence-electron chi connectivity index (χ3n) is 3.01. The van der Waals surface area contributed by atoms with E-state index in [0.717, 1.165) is 12.2 Å². The fourth-order valence-corrected chi connectivity index (χ4v) is 2.07. The molecule has 88 valence electrons. The predicted octanol–water partition coefficient (Wildman–Crippen LogP) is 0.985. The Bertz CT molecular complexity index is 359. The molecule has 1 heterocycles. The number of anilines is 1. The lowest BCUT2D eigenvalue weighted by molar-refractivity contribution is 0.227. The summed E-state index contributed by atoms with van der Waals surface area (Å²) in [7, 11) is 0. The summed E-state index contributed by atoms with van der Waals surface area (Å²) in [6, 6.07) is 6.98. The van der Waals surface area contributed by atoms with Crippen molar-refractivity contribution >= 4 is 5.69 Å². The van der Waals surface area contributed by atoms with E-state index in [1.54, 1.807) is 6.07 Å². The normalized spacial score (nSPS) is 25.8. The Morgan fingerprint density at radius 2 is 2.38 bits per heavy atom. The van der Waals surface area contributed by atoms with Gasteiger partial charge in [-0.25, -0.2) is 4.39 Å². The lowest BCUT2D eigenvalue weighted by Gasteiger charge is -2.39. The third-order valence-corrected chi connectivity index (χ3v) is 3.01. The van der Waals surface area contributed by atoms with E-state index in [1.807, 2.05) is 6.07 Å². The molecule has 1 saturated heterocycles. The largest absolute Gasteiger partial charge is 0.395 e. The van der Waals surface area contributed by atoms with Crippen LogP contribution in [-0.4, -0.2) is 36.9 Å². The van der Waals surface area contributed by atoms with Crippen LogP contribution in [0.2, 0.25) is 0 Å². The highest BCUT2D eigenvalue weighted by molar-refractivity contribution is 5.48. The van der Waals surface area contributed by atoms with E-state index in [1.165, 1.54) is 12.1 Å². The van der Waals surface area contributed by atoms with Crippen LogP contribution >= 0.6 is 0 Å². The van der Waals surface area contributed by atoms with E-state index in [4.69, 9.17) is 5.11 Å². The maximum atomic E-state index is 13.1. The second-order valence-electron chi connectivity index (χ2n) is 4.27. The van der Waals surface area contributed by atoms with Crippen LogP contribution < -0.4 is 10.2 Å². The van der Waals surface area contributed by atoms with Gasteiger partial charge in [0.1, 0.15) is 5.82 Å². The molecule has 0 aromatic heterocycles. The number of aliphatic hydroxyl groups is 1. The number of piperazine rings is 1. The van der Waals surface area contributed by atoms with Crippen LogP contribution in [0.3, 0.4) is 0 Å². The van der Waals surface area contributed by atoms with Gasteiger partial charge >= 0.3 is 0 Å². The molecule has 1 aromatic rings. The number of rotatable bonds is 2. The molecule has 0 amide bonds. The topological polar surface area (TPSA) is 35.5 Å². The number of hydrogen-bond donors (Lipinski definition) is 2. The van der Waals surface area contributed by atoms with Gasteiger partial charge in [-0.3, -0.25) is 0 Å². The van der Waals surface area contributed by atoms with Gasteiger partial charge in [0, 0.05) is 30.9 Å². The minimum absolute atomic E-state index is 0.0690. The van der Waals surface area contributed by atoms with E-state index < -0.39 is 0 Å². The molecule has 16 heavy (non-hydrogen) atoms. The highest BCUT2D eigenvalue weighted by atomic mass is 19.1. The summed E-state index contributed by atoms with van der Waals surface area (Å²) in [6.07, 6.45) is 0. The zero-order valence-corrected chi connectivity index (χ0v) is 9.36. The van der Waals surface area contributed by atoms with Crippen molar-refractivity contribution in [3.63, 3.8) is 0 Å². The molecule has 4 heteroatoms. The molecule has 1 aliphatic heterocycles. The first-order chi connectivity index (χ1) is 7.70. The van der Waals surface area contributed by atoms with Gasteiger partial charge in [0.25, 0.3) is 0 Å². The van der Waals surface area contributed by atoms with Crippen LogP contribution in [-0.2, 0) is 0 Å². The molecule has 2 N–H and O–H groups in total. The van der Waals surface area contributed by atoms with Crippen molar-refractivity contribution in [3.05, 3.63) is 30.1 Å². The fraction of sp³-hybridized carbons (Fsp3) is 0.500. The zero-order chi connectivity index (χ0) is 11.5. The molecule has 1 aliphatic rings. The van der Waals surface area contributed by atoms with E-state index in [-0.39, 0.29) is 18.5 Å². The number of halogens is 1. The second kappa shape index (κ2) is 4.80. The van der Waals surface area contributed by atoms with Crippen LogP contribution in [0.4, 0.5) is 10.1 Å². The van der Waals surface area contributed by atoms with Crippen molar-refractivity contribution in [2.24, 2.45) is 0 Å².